The zero-order valence-electron chi connectivity index (χ0n) is 83.1. The van der Waals surface area contributed by atoms with Crippen LogP contribution < -0.4 is 21.3 Å². The Morgan fingerprint density at radius 3 is 0.612 bits per heavy atom. The van der Waals surface area contributed by atoms with E-state index in [9.17, 15) is 95.9 Å². The first-order chi connectivity index (χ1) is 64.2. The first-order valence-corrected chi connectivity index (χ1v) is 49.3. The van der Waals surface area contributed by atoms with Gasteiger partial charge in [0.05, 0.1) is 105 Å². The van der Waals surface area contributed by atoms with Crippen molar-refractivity contribution < 1.29 is 143 Å². The van der Waals surface area contributed by atoms with Crippen LogP contribution in [0.1, 0.15) is 307 Å². The Balaban J connectivity index is 7.12. The van der Waals surface area contributed by atoms with Gasteiger partial charge in [0, 0.05) is 235 Å². The van der Waals surface area contributed by atoms with Gasteiger partial charge in [0.25, 0.3) is 0 Å². The van der Waals surface area contributed by atoms with Gasteiger partial charge < -0.3 is 68.6 Å². The van der Waals surface area contributed by atoms with Crippen LogP contribution in [0.25, 0.3) is 0 Å². The fourth-order valence-corrected chi connectivity index (χ4v) is 15.0. The molecule has 0 saturated heterocycles. The second-order valence-electron chi connectivity index (χ2n) is 34.5. The van der Waals surface area contributed by atoms with Crippen LogP contribution in [-0.4, -0.2) is 275 Å². The molecule has 0 heterocycles. The number of hydrogen-bond donors (Lipinski definition) is 4. The van der Waals surface area contributed by atoms with Gasteiger partial charge in [0.15, 0.2) is 23.1 Å². The van der Waals surface area contributed by atoms with E-state index in [2.05, 4.69) is 21.3 Å². The van der Waals surface area contributed by atoms with Crippen molar-refractivity contribution >= 4 is 116 Å². The molecule has 0 aliphatic rings. The van der Waals surface area contributed by atoms with Gasteiger partial charge in [-0.25, -0.2) is 0 Å². The molecule has 0 fully saturated rings. The molecule has 0 aliphatic heterocycles. The van der Waals surface area contributed by atoms with Crippen LogP contribution in [0.5, 0.6) is 0 Å². The normalized spacial score (nSPS) is 13.6. The molecule has 0 saturated carbocycles. The molecule has 0 aromatic rings. The molecule has 0 aromatic heterocycles. The van der Waals surface area contributed by atoms with Crippen LogP contribution in [0.2, 0.25) is 0 Å². The molecule has 4 N–H and O–H groups in total. The van der Waals surface area contributed by atoms with Crippen molar-refractivity contribution in [2.24, 2.45) is 52.8 Å². The molecule has 8 atom stereocenters. The molecule has 0 bridgehead atoms. The van der Waals surface area contributed by atoms with E-state index in [1.807, 2.05) is 0 Å². The van der Waals surface area contributed by atoms with E-state index >= 15 is 0 Å². The number of methoxy groups -OCH3 is 1. The van der Waals surface area contributed by atoms with Gasteiger partial charge in [-0.1, -0.05) is 55.4 Å². The molecule has 0 rings (SSSR count). The molecule has 0 aliphatic carbocycles. The van der Waals surface area contributed by atoms with Crippen molar-refractivity contribution in [3.63, 3.8) is 0 Å². The van der Waals surface area contributed by atoms with Gasteiger partial charge >= 0.3 is 0 Å². The minimum Gasteiger partial charge on any atom is -0.382 e. The number of ether oxygens (including phenoxy) is 10. The summed E-state index contributed by atoms with van der Waals surface area (Å²) in [4.78, 5) is 260. The number of amides is 4. The van der Waals surface area contributed by atoms with Gasteiger partial charge in [-0.2, -0.15) is 0 Å². The zero-order chi connectivity index (χ0) is 100. The molecule has 34 nitrogen and oxygen atoms in total. The van der Waals surface area contributed by atoms with Crippen molar-refractivity contribution in [1.29, 1.82) is 0 Å². The average Bonchev–Trinajstić information content (AvgIpc) is 0.857. The summed E-state index contributed by atoms with van der Waals surface area (Å²) in [6.07, 6.45) is 4.00. The van der Waals surface area contributed by atoms with Gasteiger partial charge in [0.2, 0.25) is 23.6 Å². The number of rotatable bonds is 97. The maximum absolute atomic E-state index is 13.7. The number of carbonyl (C=O) groups excluding carboxylic acids is 20. The van der Waals surface area contributed by atoms with E-state index in [1.54, 1.807) is 76.2 Å². The third-order valence-corrected chi connectivity index (χ3v) is 23.6. The van der Waals surface area contributed by atoms with Crippen molar-refractivity contribution in [2.45, 2.75) is 307 Å². The molecule has 8 unspecified atom stereocenters. The predicted octanol–water partition coefficient (Wildman–Crippen LogP) is 10.5. The molecular formula is C100H166N4O30. The Labute approximate surface area is 795 Å². The Morgan fingerprint density at radius 2 is 0.403 bits per heavy atom. The SMILES string of the molecule is CCNC(=O)C(CCC(=O)COCCOCC(COCCOCC(=O)CCC(CCC(=O)CC(CCC(=O)CC)C(=O)CC)C(=O)NCC)(COCCOCC(=O)CCC(CCC(=O)CC(CCC(=O)CC)C(=O)CC)C(=O)NCC)COCCOCC(=O)CCC(CCC(=O)CC(CCC(=O)CC)C(=O)CC)C(=O)NCCOCCOC)CCC(=O)CC(CCC(=O)CC)C(=O)CC. The van der Waals surface area contributed by atoms with E-state index < -0.39 is 58.7 Å². The predicted molar refractivity (Wildman–Crippen MR) is 500 cm³/mol. The molecule has 34 heteroatoms. The summed E-state index contributed by atoms with van der Waals surface area (Å²) in [6, 6.07) is 0. The smallest absolute Gasteiger partial charge is 0.223 e. The summed E-state index contributed by atoms with van der Waals surface area (Å²) in [7, 11) is 1.53. The van der Waals surface area contributed by atoms with Crippen LogP contribution in [0, 0.1) is 52.8 Å². The lowest BCUT2D eigenvalue weighted by Gasteiger charge is -2.33. The minimum atomic E-state index is -1.22. The van der Waals surface area contributed by atoms with Crippen LogP contribution in [0.15, 0.2) is 0 Å². The number of hydrogen-bond acceptors (Lipinski definition) is 30. The zero-order valence-corrected chi connectivity index (χ0v) is 83.1. The number of carbonyl (C=O) groups is 20. The van der Waals surface area contributed by atoms with E-state index in [4.69, 9.17) is 47.4 Å². The molecular weight excluding hydrogens is 1740 g/mol. The molecule has 4 amide bonds. The Hall–Kier alpha value is -7.80. The third-order valence-electron chi connectivity index (χ3n) is 23.6. The second-order valence-corrected chi connectivity index (χ2v) is 34.5. The van der Waals surface area contributed by atoms with Crippen LogP contribution in [-0.2, 0) is 143 Å². The first kappa shape index (κ1) is 126. The highest BCUT2D eigenvalue weighted by Crippen LogP contribution is 2.28. The first-order valence-electron chi connectivity index (χ1n) is 49.3. The van der Waals surface area contributed by atoms with E-state index in [-0.39, 0.29) is 435 Å². The topological polar surface area (TPSA) is 482 Å². The Kier molecular flexibility index (Phi) is 75.5. The van der Waals surface area contributed by atoms with Crippen molar-refractivity contribution in [3.05, 3.63) is 0 Å². The van der Waals surface area contributed by atoms with Crippen molar-refractivity contribution in [3.8, 4) is 0 Å². The summed E-state index contributed by atoms with van der Waals surface area (Å²) in [6.45, 7) is 17.9. The fourth-order valence-electron chi connectivity index (χ4n) is 15.0. The summed E-state index contributed by atoms with van der Waals surface area (Å²) in [5.41, 5.74) is -1.22. The highest BCUT2D eigenvalue weighted by molar-refractivity contribution is 5.93. The highest BCUT2D eigenvalue weighted by Gasteiger charge is 2.35. The van der Waals surface area contributed by atoms with Gasteiger partial charge in [-0.15, -0.1) is 0 Å². The molecule has 0 radical (unpaired) electrons. The van der Waals surface area contributed by atoms with Crippen LogP contribution >= 0.6 is 0 Å². The standard InChI is InChI=1S/C100H166N4O30/c1-13-80(105)36-32-76(92(117)17-5)60-84(109)40-24-72(96(121)101-21-9)28-44-88(113)64-127-52-56-131-68-100(69-132-57-53-128-65-89(114)45-29-73(97(122)102-22-10)25-41-85(110)61-77(93(118)18-6)33-37-81(106)14-2,70-133-58-54-129-66-90(115)46-30-74(98(123)103-23-11)26-42-86(111)62-78(94(119)19-7)34-38-82(107)15-3)71-134-59-55-130-67-91(116)47-31-75(99(124)104-48-49-126-51-50-125-12)27-43-87(112)63-79(95(120)20-8)35-39-83(108)16-4/h72-79H,13-71H2,1-12H3,(H,101,121)(H,102,122)(H,103,123)(H,104,124). The third kappa shape index (κ3) is 62.8. The monoisotopic (exact) mass is 1900 g/mol. The quantitative estimate of drug-likeness (QED) is 0.0411. The van der Waals surface area contributed by atoms with Crippen molar-refractivity contribution in [1.82, 2.24) is 21.3 Å². The Morgan fingerprint density at radius 1 is 0.209 bits per heavy atom. The van der Waals surface area contributed by atoms with Crippen molar-refractivity contribution in [2.75, 3.05) is 159 Å². The molecule has 0 aromatic carbocycles. The lowest BCUT2D eigenvalue weighted by atomic mass is 9.87. The van der Waals surface area contributed by atoms with Crippen LogP contribution in [0.4, 0.5) is 0 Å². The fraction of sp³-hybridized carbons (Fsp3) is 0.800. The van der Waals surface area contributed by atoms with E-state index in [1.165, 1.54) is 7.11 Å². The van der Waals surface area contributed by atoms with E-state index in [0.29, 0.717) is 58.5 Å². The average molecular weight is 1900 g/mol. The lowest BCUT2D eigenvalue weighted by Crippen LogP contribution is -2.43. The van der Waals surface area contributed by atoms with Gasteiger partial charge in [0.1, 0.15) is 95.8 Å². The maximum atomic E-state index is 13.7. The Bertz CT molecular complexity index is 3260. The van der Waals surface area contributed by atoms with E-state index in [0.717, 1.165) is 0 Å². The molecule has 0 spiro atoms. The number of Topliss-reactive ketones (excluding diaryl/α,β-unsaturated/α-hetero) is 16. The highest BCUT2D eigenvalue weighted by atomic mass is 16.6. The summed E-state index contributed by atoms with van der Waals surface area (Å²) >= 11 is 0. The summed E-state index contributed by atoms with van der Waals surface area (Å²) < 4.78 is 58.8. The number of ketones is 16. The molecule has 766 valence electrons. The number of nitrogens with one attached hydrogen (secondary N) is 4. The van der Waals surface area contributed by atoms with Gasteiger partial charge in [-0.3, -0.25) is 95.9 Å². The lowest BCUT2D eigenvalue weighted by molar-refractivity contribution is -0.132. The summed E-state index contributed by atoms with van der Waals surface area (Å²) in [5, 5.41) is 11.2. The summed E-state index contributed by atoms with van der Waals surface area (Å²) in [5.74, 6) is -9.63. The minimum absolute atomic E-state index is 0.0105. The maximum Gasteiger partial charge on any atom is 0.223 e. The largest absolute Gasteiger partial charge is 0.382 e. The van der Waals surface area contributed by atoms with Crippen LogP contribution in [0.3, 0.4) is 0 Å². The molecule has 134 heavy (non-hydrogen) atoms. The van der Waals surface area contributed by atoms with Gasteiger partial charge in [-0.05, 0) is 97.8 Å². The second kappa shape index (κ2) is 80.2.